The molecule has 2 N–H and O–H groups in total. The molecule has 45 heavy (non-hydrogen) atoms. The lowest BCUT2D eigenvalue weighted by Gasteiger charge is -2.09. The van der Waals surface area contributed by atoms with Gasteiger partial charge in [-0.1, -0.05) is 0 Å². The Morgan fingerprint density at radius 2 is 0.556 bits per heavy atom. The molecular weight excluding hydrogens is 594 g/mol. The Morgan fingerprint density at radius 3 is 0.800 bits per heavy atom. The smallest absolute Gasteiger partial charge is 0.119 e. The zero-order valence-electron chi connectivity index (χ0n) is 27.2. The zero-order valence-corrected chi connectivity index (χ0v) is 27.2. The van der Waals surface area contributed by atoms with Gasteiger partial charge in [-0.05, 0) is 24.3 Å². The fraction of sp³-hybridized carbons (Fsp3) is 0.806. The molecule has 0 saturated carbocycles. The summed E-state index contributed by atoms with van der Waals surface area (Å²) in [6.45, 7) is 12.5. The van der Waals surface area contributed by atoms with Gasteiger partial charge < -0.3 is 67.3 Å². The van der Waals surface area contributed by atoms with E-state index in [9.17, 15) is 0 Å². The summed E-state index contributed by atoms with van der Waals surface area (Å²) < 4.78 is 70.3. The number of anilines is 1. The lowest BCUT2D eigenvalue weighted by atomic mass is 10.3. The van der Waals surface area contributed by atoms with Crippen molar-refractivity contribution in [2.45, 2.75) is 0 Å². The molecule has 14 heteroatoms. The first-order valence-corrected chi connectivity index (χ1v) is 15.7. The van der Waals surface area contributed by atoms with E-state index in [0.717, 1.165) is 5.75 Å². The van der Waals surface area contributed by atoms with Gasteiger partial charge in [0.1, 0.15) is 12.4 Å². The Bertz CT molecular complexity index is 703. The van der Waals surface area contributed by atoms with E-state index in [1.54, 1.807) is 19.2 Å². The molecule has 0 unspecified atom stereocenters. The second-order valence-electron chi connectivity index (χ2n) is 9.15. The molecule has 0 aliphatic heterocycles. The summed E-state index contributed by atoms with van der Waals surface area (Å²) in [5.41, 5.74) is 6.35. The third-order valence-electron chi connectivity index (χ3n) is 5.53. The fourth-order valence-corrected chi connectivity index (χ4v) is 3.23. The summed E-state index contributed by atoms with van der Waals surface area (Å²) in [5, 5.41) is 0. The third kappa shape index (κ3) is 32.1. The van der Waals surface area contributed by atoms with Gasteiger partial charge in [-0.3, -0.25) is 0 Å². The normalized spacial score (nSPS) is 11.4. The highest BCUT2D eigenvalue weighted by Crippen LogP contribution is 2.12. The molecule has 0 atom stereocenters. The summed E-state index contributed by atoms with van der Waals surface area (Å²) in [6.07, 6.45) is 0. The van der Waals surface area contributed by atoms with Crippen LogP contribution in [0.1, 0.15) is 0 Å². The highest BCUT2D eigenvalue weighted by atomic mass is 16.6. The zero-order chi connectivity index (χ0) is 32.1. The second-order valence-corrected chi connectivity index (χ2v) is 9.15. The lowest BCUT2D eigenvalue weighted by molar-refractivity contribution is -0.0282. The molecule has 0 fully saturated rings. The standard InChI is InChI=1S/C31H57NO13/c1-33-6-7-34-8-9-35-10-11-36-12-13-37-14-15-38-16-17-39-18-19-40-20-21-41-22-23-42-24-25-43-26-27-44-28-29-45-31-4-2-30(32)3-5-31/h2-5H,6-29,32H2,1H3. The van der Waals surface area contributed by atoms with Crippen LogP contribution in [0.25, 0.3) is 0 Å². The van der Waals surface area contributed by atoms with E-state index < -0.39 is 0 Å². The minimum Gasteiger partial charge on any atom is -0.491 e. The van der Waals surface area contributed by atoms with Gasteiger partial charge in [-0.25, -0.2) is 0 Å². The topological polar surface area (TPSA) is 146 Å². The molecule has 0 saturated heterocycles. The number of nitrogen functional groups attached to an aromatic ring is 1. The molecule has 0 amide bonds. The van der Waals surface area contributed by atoms with Crippen molar-refractivity contribution in [2.24, 2.45) is 0 Å². The number of ether oxygens (including phenoxy) is 13. The Hall–Kier alpha value is -1.66. The SMILES string of the molecule is COCCOCCOCCOCCOCCOCCOCCOCCOCCOCCOCCOCCOc1ccc(N)cc1. The predicted molar refractivity (Wildman–Crippen MR) is 167 cm³/mol. The first kappa shape index (κ1) is 41.4. The molecule has 0 aliphatic carbocycles. The molecule has 264 valence electrons. The van der Waals surface area contributed by atoms with E-state index in [1.807, 2.05) is 12.1 Å². The van der Waals surface area contributed by atoms with Crippen LogP contribution < -0.4 is 10.5 Å². The van der Waals surface area contributed by atoms with Crippen molar-refractivity contribution in [3.05, 3.63) is 24.3 Å². The van der Waals surface area contributed by atoms with Gasteiger partial charge >= 0.3 is 0 Å². The van der Waals surface area contributed by atoms with E-state index in [0.29, 0.717) is 164 Å². The van der Waals surface area contributed by atoms with Crippen molar-refractivity contribution in [2.75, 3.05) is 171 Å². The Morgan fingerprint density at radius 1 is 0.333 bits per heavy atom. The molecule has 0 aliphatic rings. The number of benzene rings is 1. The van der Waals surface area contributed by atoms with Crippen LogP contribution in [-0.2, 0) is 56.8 Å². The first-order valence-electron chi connectivity index (χ1n) is 15.7. The van der Waals surface area contributed by atoms with Crippen LogP contribution in [0, 0.1) is 0 Å². The van der Waals surface area contributed by atoms with Crippen molar-refractivity contribution in [3.8, 4) is 5.75 Å². The summed E-state index contributed by atoms with van der Waals surface area (Å²) in [4.78, 5) is 0. The van der Waals surface area contributed by atoms with Crippen LogP contribution in [0.15, 0.2) is 24.3 Å². The first-order chi connectivity index (χ1) is 22.3. The maximum atomic E-state index is 5.64. The molecule has 1 aromatic rings. The molecule has 0 heterocycles. The van der Waals surface area contributed by atoms with Gasteiger partial charge in [0.05, 0.1) is 152 Å². The van der Waals surface area contributed by atoms with Crippen molar-refractivity contribution >= 4 is 5.69 Å². The summed E-state index contributed by atoms with van der Waals surface area (Å²) >= 11 is 0. The molecule has 0 radical (unpaired) electrons. The number of hydrogen-bond acceptors (Lipinski definition) is 14. The van der Waals surface area contributed by atoms with Gasteiger partial charge in [0.25, 0.3) is 0 Å². The molecule has 1 rings (SSSR count). The van der Waals surface area contributed by atoms with E-state index in [4.69, 9.17) is 67.3 Å². The average Bonchev–Trinajstić information content (AvgIpc) is 3.05. The van der Waals surface area contributed by atoms with Crippen LogP contribution >= 0.6 is 0 Å². The van der Waals surface area contributed by atoms with Crippen molar-refractivity contribution in [3.63, 3.8) is 0 Å². The number of nitrogens with two attached hydrogens (primary N) is 1. The van der Waals surface area contributed by atoms with Gasteiger partial charge in [-0.2, -0.15) is 0 Å². The van der Waals surface area contributed by atoms with Gasteiger partial charge in [0.15, 0.2) is 0 Å². The van der Waals surface area contributed by atoms with Gasteiger partial charge in [0.2, 0.25) is 0 Å². The summed E-state index contributed by atoms with van der Waals surface area (Å²) in [6, 6.07) is 7.26. The predicted octanol–water partition coefficient (Wildman–Crippen LogP) is 1.48. The van der Waals surface area contributed by atoms with Crippen LogP contribution in [0.3, 0.4) is 0 Å². The maximum absolute atomic E-state index is 5.64. The van der Waals surface area contributed by atoms with Crippen LogP contribution in [0.2, 0.25) is 0 Å². The van der Waals surface area contributed by atoms with Gasteiger partial charge in [0, 0.05) is 12.8 Å². The largest absolute Gasteiger partial charge is 0.491 e. The Labute approximate surface area is 268 Å². The second kappa shape index (κ2) is 35.2. The Balaban J connectivity index is 1.62. The molecule has 14 nitrogen and oxygen atoms in total. The Kier molecular flexibility index (Phi) is 32.4. The minimum absolute atomic E-state index is 0.475. The number of hydrogen-bond donors (Lipinski definition) is 1. The monoisotopic (exact) mass is 651 g/mol. The maximum Gasteiger partial charge on any atom is 0.119 e. The third-order valence-corrected chi connectivity index (χ3v) is 5.53. The molecular formula is C31H57NO13. The quantitative estimate of drug-likeness (QED) is 0.0819. The molecule has 1 aromatic carbocycles. The number of methoxy groups -OCH3 is 1. The highest BCUT2D eigenvalue weighted by molar-refractivity contribution is 5.41. The van der Waals surface area contributed by atoms with E-state index in [1.165, 1.54) is 0 Å². The van der Waals surface area contributed by atoms with Crippen molar-refractivity contribution in [1.29, 1.82) is 0 Å². The minimum atomic E-state index is 0.475. The van der Waals surface area contributed by atoms with E-state index in [2.05, 4.69) is 0 Å². The van der Waals surface area contributed by atoms with Crippen molar-refractivity contribution < 1.29 is 61.6 Å². The fourth-order valence-electron chi connectivity index (χ4n) is 3.23. The molecule has 0 spiro atoms. The van der Waals surface area contributed by atoms with Crippen LogP contribution in [0.5, 0.6) is 5.75 Å². The summed E-state index contributed by atoms with van der Waals surface area (Å²) in [7, 11) is 1.64. The van der Waals surface area contributed by atoms with E-state index >= 15 is 0 Å². The highest BCUT2D eigenvalue weighted by Gasteiger charge is 1.97. The average molecular weight is 652 g/mol. The van der Waals surface area contributed by atoms with Crippen molar-refractivity contribution in [1.82, 2.24) is 0 Å². The van der Waals surface area contributed by atoms with Gasteiger partial charge in [-0.15, -0.1) is 0 Å². The van der Waals surface area contributed by atoms with E-state index in [-0.39, 0.29) is 0 Å². The van der Waals surface area contributed by atoms with Crippen LogP contribution in [0.4, 0.5) is 5.69 Å². The lowest BCUT2D eigenvalue weighted by Crippen LogP contribution is -2.15. The molecule has 0 aromatic heterocycles. The van der Waals surface area contributed by atoms with Crippen LogP contribution in [-0.4, -0.2) is 166 Å². The summed E-state index contributed by atoms with van der Waals surface area (Å²) in [5.74, 6) is 0.772. The number of rotatable bonds is 37. The molecule has 0 bridgehead atoms.